The Morgan fingerprint density at radius 3 is 2.38 bits per heavy atom. The number of hydrogen-bond acceptors (Lipinski definition) is 8. The normalized spacial score (nSPS) is 10.3. The van der Waals surface area contributed by atoms with E-state index in [2.05, 4.69) is 39.8 Å². The first-order valence-corrected chi connectivity index (χ1v) is 12.6. The quantitative estimate of drug-likeness (QED) is 0.104. The van der Waals surface area contributed by atoms with Crippen LogP contribution >= 0.6 is 23.4 Å². The molecule has 0 radical (unpaired) electrons. The van der Waals surface area contributed by atoms with Gasteiger partial charge in [-0.25, -0.2) is 9.37 Å². The van der Waals surface area contributed by atoms with E-state index in [0.717, 1.165) is 22.6 Å². The van der Waals surface area contributed by atoms with E-state index in [-0.39, 0.29) is 11.6 Å². The highest BCUT2D eigenvalue weighted by molar-refractivity contribution is 8.00. The Morgan fingerprint density at radius 1 is 1.03 bits per heavy atom. The van der Waals surface area contributed by atoms with Gasteiger partial charge in [-0.3, -0.25) is 4.79 Å². The van der Waals surface area contributed by atoms with Crippen LogP contribution in [0.25, 0.3) is 0 Å². The molecule has 0 unspecified atom stereocenters. The number of phenols is 1. The van der Waals surface area contributed by atoms with Crippen LogP contribution in [0.5, 0.6) is 5.75 Å². The maximum atomic E-state index is 12.7. The number of para-hydroxylation sites is 2. The second-order valence-corrected chi connectivity index (χ2v) is 9.95. The molecule has 4 rings (SSSR count). The lowest BCUT2D eigenvalue weighted by molar-refractivity contribution is 0.112. The molecule has 0 amide bonds. The number of carbonyl (C=O) groups excluding carboxylic acids is 1. The van der Waals surface area contributed by atoms with Gasteiger partial charge in [0.2, 0.25) is 5.95 Å². The van der Waals surface area contributed by atoms with Crippen molar-refractivity contribution in [1.82, 2.24) is 9.97 Å². The largest absolute Gasteiger partial charge is 0.508 e. The number of phenolic OH excluding ortho intramolecular Hbond substituents is 1. The summed E-state index contributed by atoms with van der Waals surface area (Å²) in [5, 5.41) is 19.2. The molecule has 4 aromatic rings. The Hall–Kier alpha value is -3.82. The number of nitrogens with one attached hydrogen (secondary N) is 3. The Kier molecular flexibility index (Phi) is 10.1. The number of hydrogen-bond donors (Lipinski definition) is 4. The van der Waals surface area contributed by atoms with Crippen molar-refractivity contribution in [1.29, 1.82) is 0 Å². The number of aldehydes is 1. The topological polar surface area (TPSA) is 99.2 Å². The molecule has 7 nitrogen and oxygen atoms in total. The SMILES string of the molecule is CC(C)Sc1ccccc1Nc1nc(Nc2ccc(O)cc2)ncc1C=O.CNc1c(F)cccc1Cl. The number of halogens is 2. The van der Waals surface area contributed by atoms with Crippen molar-refractivity contribution in [3.63, 3.8) is 0 Å². The summed E-state index contributed by atoms with van der Waals surface area (Å²) >= 11 is 7.36. The molecule has 37 heavy (non-hydrogen) atoms. The third-order valence-electron chi connectivity index (χ3n) is 4.78. The molecule has 10 heteroatoms. The Labute approximate surface area is 224 Å². The fraction of sp³-hybridized carbons (Fsp3) is 0.148. The Bertz CT molecular complexity index is 1320. The molecule has 0 saturated carbocycles. The van der Waals surface area contributed by atoms with E-state index in [4.69, 9.17) is 11.6 Å². The van der Waals surface area contributed by atoms with E-state index in [1.54, 1.807) is 55.2 Å². The number of benzene rings is 3. The van der Waals surface area contributed by atoms with Gasteiger partial charge in [0.1, 0.15) is 17.4 Å². The lowest BCUT2D eigenvalue weighted by atomic mass is 10.3. The molecule has 0 aliphatic carbocycles. The summed E-state index contributed by atoms with van der Waals surface area (Å²) in [6.45, 7) is 4.26. The maximum Gasteiger partial charge on any atom is 0.229 e. The number of carbonyl (C=O) groups is 1. The van der Waals surface area contributed by atoms with Crippen molar-refractivity contribution in [3.8, 4) is 5.75 Å². The number of nitrogens with zero attached hydrogens (tertiary/aromatic N) is 2. The van der Waals surface area contributed by atoms with Crippen molar-refractivity contribution < 1.29 is 14.3 Å². The molecular formula is C27H27ClFN5O2S. The van der Waals surface area contributed by atoms with Crippen molar-refractivity contribution in [2.24, 2.45) is 0 Å². The summed E-state index contributed by atoms with van der Waals surface area (Å²) in [7, 11) is 1.63. The van der Waals surface area contributed by atoms with Crippen LogP contribution in [0.4, 0.5) is 33.2 Å². The Balaban J connectivity index is 0.000000319. The van der Waals surface area contributed by atoms with Crippen LogP contribution in [0, 0.1) is 5.82 Å². The highest BCUT2D eigenvalue weighted by Crippen LogP contribution is 2.32. The molecule has 0 aliphatic heterocycles. The van der Waals surface area contributed by atoms with Crippen LogP contribution < -0.4 is 16.0 Å². The molecule has 0 bridgehead atoms. The number of thioether (sulfide) groups is 1. The van der Waals surface area contributed by atoms with Gasteiger partial charge in [-0.1, -0.05) is 43.6 Å². The number of aromatic hydroxyl groups is 1. The van der Waals surface area contributed by atoms with Gasteiger partial charge in [0.05, 0.1) is 22.0 Å². The van der Waals surface area contributed by atoms with E-state index >= 15 is 0 Å². The van der Waals surface area contributed by atoms with Gasteiger partial charge < -0.3 is 21.1 Å². The van der Waals surface area contributed by atoms with E-state index in [1.807, 2.05) is 24.3 Å². The molecule has 0 fully saturated rings. The highest BCUT2D eigenvalue weighted by Gasteiger charge is 2.11. The van der Waals surface area contributed by atoms with E-state index in [1.165, 1.54) is 12.3 Å². The van der Waals surface area contributed by atoms with Crippen LogP contribution in [0.2, 0.25) is 5.02 Å². The molecule has 192 valence electrons. The summed E-state index contributed by atoms with van der Waals surface area (Å²) in [6.07, 6.45) is 2.20. The second-order valence-electron chi connectivity index (χ2n) is 7.92. The molecular weight excluding hydrogens is 513 g/mol. The zero-order valence-corrected chi connectivity index (χ0v) is 22.1. The average Bonchev–Trinajstić information content (AvgIpc) is 2.87. The molecule has 0 spiro atoms. The average molecular weight is 540 g/mol. The van der Waals surface area contributed by atoms with Gasteiger partial charge in [0, 0.05) is 29.1 Å². The molecule has 0 aliphatic rings. The predicted octanol–water partition coefficient (Wildman–Crippen LogP) is 7.50. The number of rotatable bonds is 8. The van der Waals surface area contributed by atoms with Gasteiger partial charge in [0.15, 0.2) is 6.29 Å². The van der Waals surface area contributed by atoms with Gasteiger partial charge in [-0.15, -0.1) is 11.8 Å². The van der Waals surface area contributed by atoms with Crippen molar-refractivity contribution >= 4 is 58.5 Å². The zero-order valence-electron chi connectivity index (χ0n) is 20.5. The first-order chi connectivity index (χ1) is 17.8. The van der Waals surface area contributed by atoms with Crippen LogP contribution in [0.3, 0.4) is 0 Å². The fourth-order valence-corrected chi connectivity index (χ4v) is 4.27. The molecule has 4 N–H and O–H groups in total. The van der Waals surface area contributed by atoms with Crippen molar-refractivity contribution in [2.75, 3.05) is 23.0 Å². The summed E-state index contributed by atoms with van der Waals surface area (Å²) in [4.78, 5) is 21.1. The summed E-state index contributed by atoms with van der Waals surface area (Å²) in [5.74, 6) is 0.634. The number of anilines is 5. The van der Waals surface area contributed by atoms with Crippen molar-refractivity contribution in [2.45, 2.75) is 24.0 Å². The smallest absolute Gasteiger partial charge is 0.229 e. The maximum absolute atomic E-state index is 12.7. The second kappa shape index (κ2) is 13.5. The van der Waals surface area contributed by atoms with Gasteiger partial charge in [-0.2, -0.15) is 4.98 Å². The lowest BCUT2D eigenvalue weighted by Gasteiger charge is -2.14. The van der Waals surface area contributed by atoms with Gasteiger partial charge in [0.25, 0.3) is 0 Å². The lowest BCUT2D eigenvalue weighted by Crippen LogP contribution is -2.05. The zero-order chi connectivity index (χ0) is 26.8. The van der Waals surface area contributed by atoms with Crippen LogP contribution in [0.15, 0.2) is 77.8 Å². The van der Waals surface area contributed by atoms with E-state index in [9.17, 15) is 14.3 Å². The fourth-order valence-electron chi connectivity index (χ4n) is 3.10. The van der Waals surface area contributed by atoms with Crippen LogP contribution in [-0.2, 0) is 0 Å². The van der Waals surface area contributed by atoms with Crippen molar-refractivity contribution in [3.05, 3.63) is 89.3 Å². The van der Waals surface area contributed by atoms with Crippen LogP contribution in [-0.4, -0.2) is 33.7 Å². The third-order valence-corrected chi connectivity index (χ3v) is 6.18. The first-order valence-electron chi connectivity index (χ1n) is 11.3. The molecule has 1 heterocycles. The minimum absolute atomic E-state index is 0.180. The monoisotopic (exact) mass is 539 g/mol. The molecule has 1 aromatic heterocycles. The minimum atomic E-state index is -0.324. The summed E-state index contributed by atoms with van der Waals surface area (Å²) < 4.78 is 12.7. The van der Waals surface area contributed by atoms with E-state index in [0.29, 0.717) is 33.3 Å². The highest BCUT2D eigenvalue weighted by atomic mass is 35.5. The number of aromatic nitrogens is 2. The van der Waals surface area contributed by atoms with Gasteiger partial charge in [-0.05, 0) is 48.5 Å². The first kappa shape index (κ1) is 27.8. The predicted molar refractivity (Wildman–Crippen MR) is 150 cm³/mol. The Morgan fingerprint density at radius 2 is 1.76 bits per heavy atom. The summed E-state index contributed by atoms with van der Waals surface area (Å²) in [6, 6.07) is 19.0. The van der Waals surface area contributed by atoms with Crippen LogP contribution in [0.1, 0.15) is 24.2 Å². The molecule has 3 aromatic carbocycles. The summed E-state index contributed by atoms with van der Waals surface area (Å²) in [5.41, 5.74) is 2.33. The third kappa shape index (κ3) is 8.09. The molecule has 0 atom stereocenters. The standard InChI is InChI=1S/C20H20N4O2S.C7H7ClFN/c1-13(2)27-18-6-4-3-5-17(18)23-19-14(12-25)11-21-20(24-19)22-15-7-9-16(26)10-8-15;1-10-7-5(8)3-2-4-6(7)9/h3-13,26H,1-2H3,(H2,21,22,23,24);2-4,10H,1H3. The molecule has 0 saturated heterocycles. The minimum Gasteiger partial charge on any atom is -0.508 e. The van der Waals surface area contributed by atoms with Gasteiger partial charge >= 0.3 is 0 Å². The van der Waals surface area contributed by atoms with E-state index < -0.39 is 0 Å².